The third-order valence-electron chi connectivity index (χ3n) is 2.59. The maximum Gasteiger partial charge on any atom is 0.278 e. The van der Waals surface area contributed by atoms with Crippen LogP contribution >= 0.6 is 0 Å². The Morgan fingerprint density at radius 3 is 2.89 bits per heavy atom. The highest BCUT2D eigenvalue weighted by molar-refractivity contribution is 6.07. The van der Waals surface area contributed by atoms with Crippen molar-refractivity contribution in [3.63, 3.8) is 0 Å². The Labute approximate surface area is 104 Å². The van der Waals surface area contributed by atoms with E-state index in [0.29, 0.717) is 17.9 Å². The van der Waals surface area contributed by atoms with Gasteiger partial charge in [-0.2, -0.15) is 5.10 Å². The molecule has 0 radical (unpaired) electrons. The summed E-state index contributed by atoms with van der Waals surface area (Å²) in [6.07, 6.45) is 1.39. The number of aromatic hydroxyl groups is 1. The summed E-state index contributed by atoms with van der Waals surface area (Å²) >= 11 is 0. The van der Waals surface area contributed by atoms with E-state index in [4.69, 9.17) is 5.73 Å². The molecular weight excluding hydrogens is 232 g/mol. The summed E-state index contributed by atoms with van der Waals surface area (Å²) in [4.78, 5) is 13.8. The number of anilines is 2. The molecule has 6 nitrogen and oxygen atoms in total. The number of nitrogens with two attached hydrogens (primary N) is 1. The van der Waals surface area contributed by atoms with Gasteiger partial charge in [0.2, 0.25) is 0 Å². The average molecular weight is 246 g/mol. The van der Waals surface area contributed by atoms with Crippen LogP contribution in [-0.2, 0) is 0 Å². The van der Waals surface area contributed by atoms with Crippen molar-refractivity contribution in [1.29, 1.82) is 0 Å². The lowest BCUT2D eigenvalue weighted by Gasteiger charge is -2.20. The van der Waals surface area contributed by atoms with Gasteiger partial charge in [-0.15, -0.1) is 0 Å². The van der Waals surface area contributed by atoms with Crippen molar-refractivity contribution in [2.75, 3.05) is 17.2 Å². The summed E-state index contributed by atoms with van der Waals surface area (Å²) in [6, 6.07) is 6.49. The normalized spacial score (nSPS) is 10.3. The number of benzene rings is 1. The number of nitrogen functional groups attached to an aromatic ring is 1. The number of H-pyrrole nitrogens is 1. The molecule has 1 aromatic carbocycles. The molecule has 18 heavy (non-hydrogen) atoms. The van der Waals surface area contributed by atoms with Crippen LogP contribution in [0.1, 0.15) is 17.4 Å². The first-order valence-electron chi connectivity index (χ1n) is 5.53. The smallest absolute Gasteiger partial charge is 0.278 e. The second-order valence-electron chi connectivity index (χ2n) is 3.77. The molecule has 0 fully saturated rings. The van der Waals surface area contributed by atoms with Crippen LogP contribution in [0.3, 0.4) is 0 Å². The van der Waals surface area contributed by atoms with Gasteiger partial charge in [-0.25, -0.2) is 0 Å². The van der Waals surface area contributed by atoms with Gasteiger partial charge >= 0.3 is 0 Å². The molecule has 2 aromatic rings. The molecular formula is C12H14N4O2. The minimum absolute atomic E-state index is 0.108. The molecule has 0 bridgehead atoms. The molecule has 0 unspecified atom stereocenters. The van der Waals surface area contributed by atoms with Crippen LogP contribution in [0.2, 0.25) is 0 Å². The summed E-state index contributed by atoms with van der Waals surface area (Å²) in [6.45, 7) is 2.30. The zero-order chi connectivity index (χ0) is 13.1. The van der Waals surface area contributed by atoms with Gasteiger partial charge in [-0.1, -0.05) is 6.07 Å². The van der Waals surface area contributed by atoms with Crippen LogP contribution in [-0.4, -0.2) is 27.8 Å². The van der Waals surface area contributed by atoms with Gasteiger partial charge < -0.3 is 15.7 Å². The Kier molecular flexibility index (Phi) is 3.18. The molecule has 0 aliphatic rings. The zero-order valence-corrected chi connectivity index (χ0v) is 9.92. The third-order valence-corrected chi connectivity index (χ3v) is 2.59. The molecule has 0 aliphatic heterocycles. The highest BCUT2D eigenvalue weighted by Gasteiger charge is 2.20. The van der Waals surface area contributed by atoms with Crippen LogP contribution in [0.15, 0.2) is 30.5 Å². The lowest BCUT2D eigenvalue weighted by atomic mass is 10.2. The van der Waals surface area contributed by atoms with E-state index in [1.54, 1.807) is 18.2 Å². The lowest BCUT2D eigenvalue weighted by molar-refractivity contribution is 0.0984. The van der Waals surface area contributed by atoms with Gasteiger partial charge in [0.15, 0.2) is 0 Å². The summed E-state index contributed by atoms with van der Waals surface area (Å²) in [5.74, 6) is -0.172. The molecule has 2 rings (SSSR count). The van der Waals surface area contributed by atoms with Gasteiger partial charge in [0.1, 0.15) is 11.4 Å². The Balaban J connectivity index is 2.35. The number of hydrogen-bond acceptors (Lipinski definition) is 4. The van der Waals surface area contributed by atoms with Gasteiger partial charge in [0.05, 0.1) is 11.9 Å². The number of amides is 1. The standard InChI is InChI=1S/C12H14N4O2/c1-2-16(8-4-3-5-9(17)6-8)12(18)11-10(13)7-14-15-11/h3-7,17H,2,13H2,1H3,(H,14,15). The minimum Gasteiger partial charge on any atom is -0.508 e. The van der Waals surface area contributed by atoms with E-state index in [0.717, 1.165) is 0 Å². The Morgan fingerprint density at radius 2 is 2.33 bits per heavy atom. The van der Waals surface area contributed by atoms with Crippen LogP contribution < -0.4 is 10.6 Å². The van der Waals surface area contributed by atoms with Gasteiger partial charge in [0, 0.05) is 18.3 Å². The number of nitrogens with zero attached hydrogens (tertiary/aromatic N) is 2. The monoisotopic (exact) mass is 246 g/mol. The van der Waals surface area contributed by atoms with Crippen molar-refractivity contribution in [1.82, 2.24) is 10.2 Å². The van der Waals surface area contributed by atoms with Crippen molar-refractivity contribution >= 4 is 17.3 Å². The Bertz CT molecular complexity index is 565. The number of phenols is 1. The van der Waals surface area contributed by atoms with Crippen molar-refractivity contribution in [3.8, 4) is 5.75 Å². The number of rotatable bonds is 3. The second kappa shape index (κ2) is 4.79. The number of carbonyl (C=O) groups excluding carboxylic acids is 1. The SMILES string of the molecule is CCN(C(=O)c1[nH]ncc1N)c1cccc(O)c1. The van der Waals surface area contributed by atoms with E-state index in [-0.39, 0.29) is 17.4 Å². The molecule has 0 aliphatic carbocycles. The van der Waals surface area contributed by atoms with Gasteiger partial charge in [-0.3, -0.25) is 9.89 Å². The van der Waals surface area contributed by atoms with Crippen molar-refractivity contribution in [2.24, 2.45) is 0 Å². The minimum atomic E-state index is -0.280. The molecule has 1 amide bonds. The molecule has 0 saturated heterocycles. The summed E-state index contributed by atoms with van der Waals surface area (Å²) in [7, 11) is 0. The van der Waals surface area contributed by atoms with Crippen LogP contribution in [0, 0.1) is 0 Å². The average Bonchev–Trinajstić information content (AvgIpc) is 2.76. The van der Waals surface area contributed by atoms with E-state index in [9.17, 15) is 9.90 Å². The van der Waals surface area contributed by atoms with E-state index in [1.807, 2.05) is 6.92 Å². The first-order chi connectivity index (χ1) is 8.63. The van der Waals surface area contributed by atoms with Crippen LogP contribution in [0.5, 0.6) is 5.75 Å². The Hall–Kier alpha value is -2.50. The van der Waals surface area contributed by atoms with Gasteiger partial charge in [-0.05, 0) is 19.1 Å². The molecule has 4 N–H and O–H groups in total. The molecule has 94 valence electrons. The summed E-state index contributed by atoms with van der Waals surface area (Å²) < 4.78 is 0. The summed E-state index contributed by atoms with van der Waals surface area (Å²) in [5, 5.41) is 15.7. The molecule has 0 spiro atoms. The van der Waals surface area contributed by atoms with E-state index in [1.165, 1.54) is 17.2 Å². The predicted molar refractivity (Wildman–Crippen MR) is 68.5 cm³/mol. The highest BCUT2D eigenvalue weighted by Crippen LogP contribution is 2.22. The number of aromatic amines is 1. The van der Waals surface area contributed by atoms with Crippen molar-refractivity contribution < 1.29 is 9.90 Å². The van der Waals surface area contributed by atoms with Crippen molar-refractivity contribution in [3.05, 3.63) is 36.2 Å². The maximum absolute atomic E-state index is 12.3. The number of phenolic OH excluding ortho intramolecular Hbond substituents is 1. The fraction of sp³-hybridized carbons (Fsp3) is 0.167. The second-order valence-corrected chi connectivity index (χ2v) is 3.77. The van der Waals surface area contributed by atoms with E-state index < -0.39 is 0 Å². The molecule has 1 aromatic heterocycles. The quantitative estimate of drug-likeness (QED) is 0.762. The molecule has 0 atom stereocenters. The van der Waals surface area contributed by atoms with Crippen molar-refractivity contribution in [2.45, 2.75) is 6.92 Å². The van der Waals surface area contributed by atoms with E-state index >= 15 is 0 Å². The topological polar surface area (TPSA) is 95.2 Å². The van der Waals surface area contributed by atoms with Crippen LogP contribution in [0.25, 0.3) is 0 Å². The van der Waals surface area contributed by atoms with E-state index in [2.05, 4.69) is 10.2 Å². The van der Waals surface area contributed by atoms with Crippen LogP contribution in [0.4, 0.5) is 11.4 Å². The van der Waals surface area contributed by atoms with Gasteiger partial charge in [0.25, 0.3) is 5.91 Å². The lowest BCUT2D eigenvalue weighted by Crippen LogP contribution is -2.31. The predicted octanol–water partition coefficient (Wildman–Crippen LogP) is 1.36. The number of aromatic nitrogens is 2. The molecule has 6 heteroatoms. The third kappa shape index (κ3) is 2.13. The largest absolute Gasteiger partial charge is 0.508 e. The fourth-order valence-electron chi connectivity index (χ4n) is 1.71. The highest BCUT2D eigenvalue weighted by atomic mass is 16.3. The number of hydrogen-bond donors (Lipinski definition) is 3. The first kappa shape index (κ1) is 12.0. The zero-order valence-electron chi connectivity index (χ0n) is 9.92. The Morgan fingerprint density at radius 1 is 1.56 bits per heavy atom. The summed E-state index contributed by atoms with van der Waals surface area (Å²) in [5.41, 5.74) is 6.81. The first-order valence-corrected chi connectivity index (χ1v) is 5.53. The molecule has 0 saturated carbocycles. The number of carbonyl (C=O) groups is 1. The molecule has 1 heterocycles. The number of nitrogens with one attached hydrogen (secondary N) is 1. The maximum atomic E-state index is 12.3. The fourth-order valence-corrected chi connectivity index (χ4v) is 1.71.